The third kappa shape index (κ3) is 15.1. The summed E-state index contributed by atoms with van der Waals surface area (Å²) in [5.74, 6) is -5.26. The third-order valence-corrected chi connectivity index (χ3v) is 13.4. The Bertz CT molecular complexity index is 3170. The number of carbonyl (C=O) groups is 2. The van der Waals surface area contributed by atoms with Gasteiger partial charge in [0.1, 0.15) is 48.9 Å². The Balaban J connectivity index is 0.000000226. The van der Waals surface area contributed by atoms with Gasteiger partial charge >= 0.3 is 12.2 Å². The van der Waals surface area contributed by atoms with Crippen LogP contribution >= 0.6 is 58.0 Å². The first kappa shape index (κ1) is 59.4. The maximum Gasteiger partial charge on any atom is 0.410 e. The van der Waals surface area contributed by atoms with Crippen LogP contribution in [-0.4, -0.2) is 151 Å². The highest BCUT2D eigenvalue weighted by molar-refractivity contribution is 6.43. The number of anilines is 2. The molecule has 6 aromatic rings. The smallest absolute Gasteiger partial charge is 0.410 e. The number of halogens is 9. The standard InChI is InChI=1S/C25H27Cl3F2N6O3.C25H28Cl2F2N6O4/c1-24(2,3)39-23(37)35-10-9-34(13-25(29,30)14-35)22-18(26)19(27)32-21(33-22)17-11-31-36(20(17)28)12-15-5-7-16(38-4)8-6-15;1-24(2,3)39-23(37)34-10-9-33(13-25(28,29)14-34)21-18(26)22(36)32-20(31-21)17-11-30-35(19(17)27)12-15-5-7-16(38-4)8-6-15/h5-8,11H,9-10,12-14H2,1-4H3;5-8,11H,9-10,12-14H2,1-4H3,(H,31,32,36). The molecule has 8 rings (SSSR count). The Hall–Kier alpha value is -6.27. The average molecular weight is 1190 g/mol. The van der Waals surface area contributed by atoms with Crippen molar-refractivity contribution < 1.29 is 46.1 Å². The number of ether oxygens (including phenoxy) is 4. The first-order valence-corrected chi connectivity index (χ1v) is 25.8. The molecular weight excluding hydrogens is 1130 g/mol. The van der Waals surface area contributed by atoms with E-state index in [1.165, 1.54) is 26.9 Å². The normalized spacial score (nSPS) is 15.7. The zero-order valence-electron chi connectivity index (χ0n) is 43.5. The molecule has 4 aromatic heterocycles. The lowest BCUT2D eigenvalue weighted by molar-refractivity contribution is -0.0285. The van der Waals surface area contributed by atoms with Crippen molar-refractivity contribution in [2.75, 3.05) is 76.4 Å². The monoisotopic (exact) mass is 1190 g/mol. The lowest BCUT2D eigenvalue weighted by Gasteiger charge is -2.27. The van der Waals surface area contributed by atoms with Crippen molar-refractivity contribution in [2.45, 2.75) is 77.7 Å². The number of carbonyl (C=O) groups excluding carboxylic acids is 2. The molecule has 1 N–H and O–H groups in total. The Kier molecular flexibility index (Phi) is 18.3. The summed E-state index contributed by atoms with van der Waals surface area (Å²) < 4.78 is 83.7. The second-order valence-corrected chi connectivity index (χ2v) is 21.9. The molecule has 0 spiro atoms. The molecule has 0 atom stereocenters. The van der Waals surface area contributed by atoms with Gasteiger partial charge in [0.15, 0.2) is 22.6 Å². The predicted molar refractivity (Wildman–Crippen MR) is 289 cm³/mol. The number of aromatic amines is 1. The first-order chi connectivity index (χ1) is 36.5. The molecule has 0 aliphatic carbocycles. The maximum absolute atomic E-state index is 15.0. The van der Waals surface area contributed by atoms with Crippen molar-refractivity contribution in [3.05, 3.63) is 108 Å². The molecule has 0 unspecified atom stereocenters. The van der Waals surface area contributed by atoms with Crippen LogP contribution in [0.2, 0.25) is 25.5 Å². The number of nitrogens with zero attached hydrogens (tertiary/aromatic N) is 11. The van der Waals surface area contributed by atoms with Crippen LogP contribution in [-0.2, 0) is 22.6 Å². The molecule has 2 amide bonds. The summed E-state index contributed by atoms with van der Waals surface area (Å²) in [4.78, 5) is 57.7. The molecule has 28 heteroatoms. The van der Waals surface area contributed by atoms with Gasteiger partial charge in [0.25, 0.3) is 17.4 Å². The summed E-state index contributed by atoms with van der Waals surface area (Å²) in [5, 5.41) is 8.44. The number of nitrogens with one attached hydrogen (secondary N) is 1. The summed E-state index contributed by atoms with van der Waals surface area (Å²) in [6.07, 6.45) is 1.21. The Labute approximate surface area is 471 Å². The highest BCUT2D eigenvalue weighted by atomic mass is 35.5. The average Bonchev–Trinajstić information content (AvgIpc) is 3.84. The van der Waals surface area contributed by atoms with Gasteiger partial charge in [0.2, 0.25) is 0 Å². The lowest BCUT2D eigenvalue weighted by atomic mass is 10.2. The fourth-order valence-electron chi connectivity index (χ4n) is 7.94. The minimum atomic E-state index is -3.33. The summed E-state index contributed by atoms with van der Waals surface area (Å²) in [6.45, 7) is 7.23. The molecule has 0 saturated carbocycles. The highest BCUT2D eigenvalue weighted by Crippen LogP contribution is 2.37. The van der Waals surface area contributed by atoms with Crippen molar-refractivity contribution >= 4 is 81.8 Å². The van der Waals surface area contributed by atoms with Crippen molar-refractivity contribution in [1.82, 2.24) is 49.3 Å². The molecule has 2 aliphatic rings. The number of hydrogen-bond donors (Lipinski definition) is 1. The van der Waals surface area contributed by atoms with E-state index in [0.29, 0.717) is 24.4 Å². The Morgan fingerprint density at radius 2 is 1.03 bits per heavy atom. The number of methoxy groups -OCH3 is 2. The van der Waals surface area contributed by atoms with Crippen molar-refractivity contribution in [1.29, 1.82) is 0 Å². The number of alkyl halides is 4. The van der Waals surface area contributed by atoms with Crippen LogP contribution < -0.4 is 24.8 Å². The van der Waals surface area contributed by atoms with Crippen LogP contribution in [0.15, 0.2) is 65.7 Å². The van der Waals surface area contributed by atoms with E-state index >= 15 is 0 Å². The van der Waals surface area contributed by atoms with E-state index in [9.17, 15) is 31.9 Å². The summed E-state index contributed by atoms with van der Waals surface area (Å²) >= 11 is 32.1. The molecule has 6 heterocycles. The number of aromatic nitrogens is 8. The van der Waals surface area contributed by atoms with Crippen LogP contribution in [0.25, 0.3) is 22.8 Å². The summed E-state index contributed by atoms with van der Waals surface area (Å²) in [5.41, 5.74) is 0.0538. The molecule has 2 saturated heterocycles. The van der Waals surface area contributed by atoms with E-state index in [0.717, 1.165) is 26.7 Å². The number of rotatable bonds is 10. The zero-order chi connectivity index (χ0) is 57.1. The van der Waals surface area contributed by atoms with E-state index in [4.69, 9.17) is 77.0 Å². The number of H-pyrrole nitrogens is 1. The van der Waals surface area contributed by atoms with Gasteiger partial charge in [0, 0.05) is 26.2 Å². The first-order valence-electron chi connectivity index (χ1n) is 24.0. The SMILES string of the molecule is COc1ccc(Cn2ncc(-c3nc(Cl)c(Cl)c(N4CCN(C(=O)OC(C)(C)C)CC(F)(F)C4)n3)c2Cl)cc1.COc1ccc(Cn2ncc(-c3nc(N4CCN(C(=O)OC(C)(C)C)CC(F)(F)C4)c(Cl)c(=O)[nH]3)c2Cl)cc1. The second kappa shape index (κ2) is 24.0. The van der Waals surface area contributed by atoms with Crippen LogP contribution in [0.4, 0.5) is 38.8 Å². The van der Waals surface area contributed by atoms with Gasteiger partial charge in [-0.3, -0.25) is 4.79 Å². The topological polar surface area (TPSA) is 191 Å². The fourth-order valence-corrected chi connectivity index (χ4v) is 9.00. The number of hydrogen-bond acceptors (Lipinski definition) is 14. The molecule has 2 aromatic carbocycles. The van der Waals surface area contributed by atoms with Gasteiger partial charge in [0.05, 0.1) is 77.0 Å². The molecule has 0 radical (unpaired) electrons. The van der Waals surface area contributed by atoms with E-state index in [-0.39, 0.29) is 80.5 Å². The van der Waals surface area contributed by atoms with Crippen molar-refractivity contribution in [2.24, 2.45) is 0 Å². The van der Waals surface area contributed by atoms with E-state index in [1.807, 2.05) is 36.4 Å². The Morgan fingerprint density at radius 1 is 0.603 bits per heavy atom. The molecule has 19 nitrogen and oxygen atoms in total. The third-order valence-electron chi connectivity index (χ3n) is 11.5. The molecule has 420 valence electrons. The van der Waals surface area contributed by atoms with Gasteiger partial charge in [-0.15, -0.1) is 0 Å². The van der Waals surface area contributed by atoms with Gasteiger partial charge in [-0.2, -0.15) is 10.2 Å². The largest absolute Gasteiger partial charge is 0.497 e. The Morgan fingerprint density at radius 3 is 1.46 bits per heavy atom. The maximum atomic E-state index is 15.0. The van der Waals surface area contributed by atoms with E-state index in [1.54, 1.807) is 72.6 Å². The predicted octanol–water partition coefficient (Wildman–Crippen LogP) is 10.7. The lowest BCUT2D eigenvalue weighted by Crippen LogP contribution is -2.44. The van der Waals surface area contributed by atoms with E-state index < -0.39 is 67.0 Å². The fraction of sp³-hybridized carbons (Fsp3) is 0.440. The second-order valence-electron chi connectivity index (χ2n) is 20.1. The molecule has 0 bridgehead atoms. The molecular formula is C50H55Cl5F4N12O7. The minimum absolute atomic E-state index is 0.00338. The quantitative estimate of drug-likeness (QED) is 0.101. The molecule has 2 aliphatic heterocycles. The van der Waals surface area contributed by atoms with Crippen LogP contribution in [0.3, 0.4) is 0 Å². The highest BCUT2D eigenvalue weighted by Gasteiger charge is 2.43. The summed E-state index contributed by atoms with van der Waals surface area (Å²) in [6, 6.07) is 14.7. The van der Waals surface area contributed by atoms with Gasteiger partial charge in [-0.05, 0) is 76.9 Å². The van der Waals surface area contributed by atoms with Gasteiger partial charge in [-0.25, -0.2) is 51.5 Å². The van der Waals surface area contributed by atoms with Crippen molar-refractivity contribution in [3.8, 4) is 34.3 Å². The van der Waals surface area contributed by atoms with Gasteiger partial charge < -0.3 is 43.5 Å². The summed E-state index contributed by atoms with van der Waals surface area (Å²) in [7, 11) is 3.16. The zero-order valence-corrected chi connectivity index (χ0v) is 47.3. The van der Waals surface area contributed by atoms with Crippen LogP contribution in [0.5, 0.6) is 11.5 Å². The van der Waals surface area contributed by atoms with E-state index in [2.05, 4.69) is 30.1 Å². The van der Waals surface area contributed by atoms with Crippen molar-refractivity contribution in [3.63, 3.8) is 0 Å². The number of benzene rings is 2. The molecule has 2 fully saturated rings. The van der Waals surface area contributed by atoms with Gasteiger partial charge in [-0.1, -0.05) is 82.3 Å². The van der Waals surface area contributed by atoms with Crippen LogP contribution in [0, 0.1) is 0 Å². The minimum Gasteiger partial charge on any atom is -0.497 e. The molecule has 78 heavy (non-hydrogen) atoms. The van der Waals surface area contributed by atoms with Crippen LogP contribution in [0.1, 0.15) is 52.7 Å². The number of amides is 2.